The molecule has 3 saturated heterocycles. The van der Waals surface area contributed by atoms with Crippen LogP contribution in [-0.2, 0) is 4.74 Å². The number of rotatable bonds is 5. The first-order valence-corrected chi connectivity index (χ1v) is 14.3. The molecule has 3 aliphatic rings. The zero-order chi connectivity index (χ0) is 27.5. The minimum Gasteiger partial charge on any atom is -0.390 e. The summed E-state index contributed by atoms with van der Waals surface area (Å²) in [5.41, 5.74) is 2.48. The van der Waals surface area contributed by atoms with Gasteiger partial charge in [0, 0.05) is 89.3 Å². The second-order valence-corrected chi connectivity index (χ2v) is 11.1. The van der Waals surface area contributed by atoms with Crippen LogP contribution in [0.4, 0.5) is 17.3 Å². The van der Waals surface area contributed by atoms with Gasteiger partial charge < -0.3 is 29.9 Å². The second-order valence-electron chi connectivity index (χ2n) is 11.1. The number of nitriles is 1. The van der Waals surface area contributed by atoms with Gasteiger partial charge in [-0.25, -0.2) is 4.98 Å². The lowest BCUT2D eigenvalue weighted by Crippen LogP contribution is -2.54. The maximum atomic E-state index is 10.2. The van der Waals surface area contributed by atoms with E-state index >= 15 is 0 Å². The third kappa shape index (κ3) is 5.83. The highest BCUT2D eigenvalue weighted by atomic mass is 16.5. The molecule has 3 atom stereocenters. The molecule has 1 aromatic carbocycles. The summed E-state index contributed by atoms with van der Waals surface area (Å²) < 4.78 is 6.40. The first-order valence-electron chi connectivity index (χ1n) is 14.3. The number of hydrogen-bond donors (Lipinski definition) is 2. The topological polar surface area (TPSA) is 104 Å². The van der Waals surface area contributed by atoms with Crippen LogP contribution in [0, 0.1) is 11.3 Å². The predicted molar refractivity (Wildman–Crippen MR) is 157 cm³/mol. The average molecular weight is 543 g/mol. The Balaban J connectivity index is 1.08. The summed E-state index contributed by atoms with van der Waals surface area (Å²) in [4.78, 5) is 18.9. The Bertz CT molecular complexity index is 1360. The molecule has 1 unspecified atom stereocenters. The first-order chi connectivity index (χ1) is 19.6. The second kappa shape index (κ2) is 11.9. The number of aliphatic hydroxyl groups excluding tert-OH is 1. The highest BCUT2D eigenvalue weighted by Gasteiger charge is 2.30. The SMILES string of the molecule is C[C@@H]1CN(c2ccc(C#N)c3ncccc23)C[C@H](CN2CCN(c3cccc(N4CCNCC(O)C4)n3)CC2)O1. The smallest absolute Gasteiger partial charge is 0.131 e. The van der Waals surface area contributed by atoms with Crippen LogP contribution < -0.4 is 20.0 Å². The van der Waals surface area contributed by atoms with Crippen LogP contribution in [0.3, 0.4) is 0 Å². The summed E-state index contributed by atoms with van der Waals surface area (Å²) >= 11 is 0. The molecule has 3 fully saturated rings. The lowest BCUT2D eigenvalue weighted by atomic mass is 10.1. The standard InChI is InChI=1S/C30H38N8O2/c1-22-18-38(27-8-7-23(16-31)30-26(27)4-3-9-33-30)21-25(40-22)20-35-12-14-36(15-13-35)28-5-2-6-29(34-28)37-11-10-32-17-24(39)19-37/h2-9,22,24-25,32,39H,10-15,17-21H2,1H3/t22-,24?,25+/m1/s1. The zero-order valence-corrected chi connectivity index (χ0v) is 23.1. The molecule has 0 aliphatic carbocycles. The lowest BCUT2D eigenvalue weighted by Gasteiger charge is -2.42. The van der Waals surface area contributed by atoms with E-state index in [1.54, 1.807) is 6.20 Å². The van der Waals surface area contributed by atoms with Gasteiger partial charge >= 0.3 is 0 Å². The monoisotopic (exact) mass is 542 g/mol. The van der Waals surface area contributed by atoms with Crippen molar-refractivity contribution in [2.24, 2.45) is 0 Å². The minimum absolute atomic E-state index is 0.0993. The van der Waals surface area contributed by atoms with Gasteiger partial charge in [0.25, 0.3) is 0 Å². The van der Waals surface area contributed by atoms with Crippen LogP contribution in [0.2, 0.25) is 0 Å². The fraction of sp³-hybridized carbons (Fsp3) is 0.500. The highest BCUT2D eigenvalue weighted by Crippen LogP contribution is 2.30. The number of benzene rings is 1. The molecule has 10 nitrogen and oxygen atoms in total. The lowest BCUT2D eigenvalue weighted by molar-refractivity contribution is -0.0327. The zero-order valence-electron chi connectivity index (χ0n) is 23.1. The quantitative estimate of drug-likeness (QED) is 0.495. The molecule has 5 heterocycles. The van der Waals surface area contributed by atoms with Crippen LogP contribution in [-0.4, -0.2) is 110 Å². The summed E-state index contributed by atoms with van der Waals surface area (Å²) in [6, 6.07) is 16.4. The number of aliphatic hydroxyl groups is 1. The summed E-state index contributed by atoms with van der Waals surface area (Å²) in [7, 11) is 0. The molecule has 6 rings (SSSR count). The molecule has 40 heavy (non-hydrogen) atoms. The van der Waals surface area contributed by atoms with Crippen LogP contribution in [0.5, 0.6) is 0 Å². The molecule has 2 aromatic heterocycles. The molecule has 2 N–H and O–H groups in total. The molecule has 3 aromatic rings. The van der Waals surface area contributed by atoms with Gasteiger partial charge in [-0.3, -0.25) is 9.88 Å². The average Bonchev–Trinajstić information content (AvgIpc) is 3.21. The van der Waals surface area contributed by atoms with Crippen LogP contribution in [0.15, 0.2) is 48.7 Å². The van der Waals surface area contributed by atoms with Crippen LogP contribution >= 0.6 is 0 Å². The number of nitrogens with zero attached hydrogens (tertiary/aromatic N) is 7. The maximum absolute atomic E-state index is 10.2. The number of piperazine rings is 1. The van der Waals surface area contributed by atoms with Gasteiger partial charge in [-0.15, -0.1) is 0 Å². The van der Waals surface area contributed by atoms with Crippen molar-refractivity contribution >= 4 is 28.2 Å². The van der Waals surface area contributed by atoms with Gasteiger partial charge in [-0.05, 0) is 43.3 Å². The fourth-order valence-electron chi connectivity index (χ4n) is 6.18. The third-order valence-electron chi connectivity index (χ3n) is 8.11. The van der Waals surface area contributed by atoms with Gasteiger partial charge in [0.15, 0.2) is 0 Å². The van der Waals surface area contributed by atoms with E-state index in [1.807, 2.05) is 18.2 Å². The Morgan fingerprint density at radius 2 is 1.80 bits per heavy atom. The van der Waals surface area contributed by atoms with E-state index in [0.717, 1.165) is 87.1 Å². The van der Waals surface area contributed by atoms with Crippen molar-refractivity contribution < 1.29 is 9.84 Å². The summed E-state index contributed by atoms with van der Waals surface area (Å²) in [6.45, 7) is 11.3. The number of anilines is 3. The summed E-state index contributed by atoms with van der Waals surface area (Å²) in [5.74, 6) is 1.93. The molecule has 0 bridgehead atoms. The van der Waals surface area contributed by atoms with Crippen molar-refractivity contribution in [1.82, 2.24) is 20.2 Å². The molecule has 0 spiro atoms. The normalized spacial score (nSPS) is 24.6. The van der Waals surface area contributed by atoms with E-state index in [9.17, 15) is 10.4 Å². The number of morpholine rings is 1. The maximum Gasteiger partial charge on any atom is 0.131 e. The Morgan fingerprint density at radius 1 is 0.975 bits per heavy atom. The fourth-order valence-corrected chi connectivity index (χ4v) is 6.18. The van der Waals surface area contributed by atoms with Gasteiger partial charge in [0.2, 0.25) is 0 Å². The molecular formula is C30H38N8O2. The number of pyridine rings is 2. The Kier molecular flexibility index (Phi) is 7.98. The third-order valence-corrected chi connectivity index (χ3v) is 8.11. The van der Waals surface area contributed by atoms with Crippen molar-refractivity contribution in [3.05, 3.63) is 54.2 Å². The molecule has 0 saturated carbocycles. The van der Waals surface area contributed by atoms with E-state index in [1.165, 1.54) is 0 Å². The number of fused-ring (bicyclic) bond motifs is 1. The number of β-amino-alcohol motifs (C(OH)–C–C–N with tert-alkyl or cyclic N) is 1. The van der Waals surface area contributed by atoms with E-state index in [2.05, 4.69) is 67.2 Å². The van der Waals surface area contributed by atoms with Crippen molar-refractivity contribution in [2.45, 2.75) is 25.2 Å². The Labute approximate surface area is 235 Å². The van der Waals surface area contributed by atoms with Gasteiger partial charge in [0.1, 0.15) is 17.7 Å². The van der Waals surface area contributed by atoms with Crippen molar-refractivity contribution in [3.8, 4) is 6.07 Å². The van der Waals surface area contributed by atoms with Gasteiger partial charge in [-0.1, -0.05) is 6.07 Å². The number of ether oxygens (including phenoxy) is 1. The summed E-state index contributed by atoms with van der Waals surface area (Å²) in [6.07, 6.45) is 1.58. The number of nitrogens with one attached hydrogen (secondary N) is 1. The predicted octanol–water partition coefficient (Wildman–Crippen LogP) is 1.69. The van der Waals surface area contributed by atoms with E-state index in [-0.39, 0.29) is 18.3 Å². The van der Waals surface area contributed by atoms with E-state index in [0.29, 0.717) is 18.7 Å². The highest BCUT2D eigenvalue weighted by molar-refractivity contribution is 5.95. The van der Waals surface area contributed by atoms with Crippen molar-refractivity contribution in [3.63, 3.8) is 0 Å². The minimum atomic E-state index is -0.385. The molecule has 10 heteroatoms. The molecule has 210 valence electrons. The van der Waals surface area contributed by atoms with Crippen molar-refractivity contribution in [1.29, 1.82) is 5.26 Å². The van der Waals surface area contributed by atoms with E-state index < -0.39 is 0 Å². The molecule has 0 radical (unpaired) electrons. The Hall–Kier alpha value is -3.49. The van der Waals surface area contributed by atoms with Gasteiger partial charge in [0.05, 0.1) is 29.4 Å². The number of aromatic nitrogens is 2. The first kappa shape index (κ1) is 26.7. The van der Waals surface area contributed by atoms with Crippen molar-refractivity contribution in [2.75, 3.05) is 86.7 Å². The van der Waals surface area contributed by atoms with Crippen LogP contribution in [0.1, 0.15) is 12.5 Å². The molecule has 3 aliphatic heterocycles. The Morgan fingerprint density at radius 3 is 2.62 bits per heavy atom. The van der Waals surface area contributed by atoms with E-state index in [4.69, 9.17) is 9.72 Å². The summed E-state index contributed by atoms with van der Waals surface area (Å²) in [5, 5.41) is 24.0. The largest absolute Gasteiger partial charge is 0.390 e. The van der Waals surface area contributed by atoms with Gasteiger partial charge in [-0.2, -0.15) is 5.26 Å². The molecule has 0 amide bonds. The molecular weight excluding hydrogens is 504 g/mol. The van der Waals surface area contributed by atoms with Crippen LogP contribution in [0.25, 0.3) is 10.9 Å². The number of hydrogen-bond acceptors (Lipinski definition) is 10.